The van der Waals surface area contributed by atoms with Crippen molar-refractivity contribution >= 4 is 17.7 Å². The number of ether oxygens (including phenoxy) is 1. The van der Waals surface area contributed by atoms with E-state index in [9.17, 15) is 4.39 Å². The lowest BCUT2D eigenvalue weighted by molar-refractivity contribution is 0.214. The minimum atomic E-state index is -0.337. The molecule has 2 atom stereocenters. The lowest BCUT2D eigenvalue weighted by atomic mass is 10.2. The van der Waals surface area contributed by atoms with Gasteiger partial charge in [0.15, 0.2) is 17.5 Å². The van der Waals surface area contributed by atoms with Gasteiger partial charge in [-0.1, -0.05) is 12.1 Å². The molecule has 0 aromatic heterocycles. The van der Waals surface area contributed by atoms with Gasteiger partial charge in [-0.25, -0.2) is 4.39 Å². The van der Waals surface area contributed by atoms with Crippen molar-refractivity contribution in [1.29, 1.82) is 0 Å². The maximum Gasteiger partial charge on any atom is 0.191 e. The summed E-state index contributed by atoms with van der Waals surface area (Å²) in [6, 6.07) is 6.92. The highest BCUT2D eigenvalue weighted by molar-refractivity contribution is 7.99. The second-order valence-electron chi connectivity index (χ2n) is 5.37. The van der Waals surface area contributed by atoms with Gasteiger partial charge < -0.3 is 15.4 Å². The van der Waals surface area contributed by atoms with Crippen LogP contribution in [0.3, 0.4) is 0 Å². The summed E-state index contributed by atoms with van der Waals surface area (Å²) in [7, 11) is 1.76. The van der Waals surface area contributed by atoms with Gasteiger partial charge in [0.25, 0.3) is 0 Å². The SMILES string of the molecule is CN=C(NCC(C)Oc1ccccc1F)NC1CCCSC1. The Bertz CT molecular complexity index is 492. The Labute approximate surface area is 135 Å². The molecule has 0 amide bonds. The van der Waals surface area contributed by atoms with Crippen LogP contribution in [-0.2, 0) is 0 Å². The molecule has 0 saturated carbocycles. The lowest BCUT2D eigenvalue weighted by Gasteiger charge is -2.25. The van der Waals surface area contributed by atoms with E-state index in [0.717, 1.165) is 11.7 Å². The Morgan fingerprint density at radius 1 is 1.50 bits per heavy atom. The molecule has 1 aliphatic heterocycles. The normalized spacial score (nSPS) is 20.3. The minimum Gasteiger partial charge on any atom is -0.486 e. The van der Waals surface area contributed by atoms with Gasteiger partial charge in [-0.05, 0) is 37.7 Å². The molecular formula is C16H24FN3OS. The second kappa shape index (κ2) is 8.88. The zero-order chi connectivity index (χ0) is 15.8. The number of halogens is 1. The molecule has 4 nitrogen and oxygen atoms in total. The number of hydrogen-bond donors (Lipinski definition) is 2. The van der Waals surface area contributed by atoms with Crippen LogP contribution in [0, 0.1) is 5.82 Å². The van der Waals surface area contributed by atoms with Crippen LogP contribution in [-0.4, -0.2) is 43.2 Å². The molecule has 1 aromatic carbocycles. The van der Waals surface area contributed by atoms with E-state index >= 15 is 0 Å². The molecule has 1 aromatic rings. The minimum absolute atomic E-state index is 0.156. The van der Waals surface area contributed by atoms with Crippen LogP contribution in [0.25, 0.3) is 0 Å². The van der Waals surface area contributed by atoms with Gasteiger partial charge in [-0.15, -0.1) is 0 Å². The summed E-state index contributed by atoms with van der Waals surface area (Å²) in [4.78, 5) is 4.23. The van der Waals surface area contributed by atoms with Crippen molar-refractivity contribution in [1.82, 2.24) is 10.6 Å². The summed E-state index contributed by atoms with van der Waals surface area (Å²) in [6.45, 7) is 2.47. The smallest absolute Gasteiger partial charge is 0.191 e. The largest absolute Gasteiger partial charge is 0.486 e. The quantitative estimate of drug-likeness (QED) is 0.645. The summed E-state index contributed by atoms with van der Waals surface area (Å²) in [5.41, 5.74) is 0. The van der Waals surface area contributed by atoms with E-state index in [4.69, 9.17) is 4.74 Å². The molecule has 0 radical (unpaired) electrons. The first-order chi connectivity index (χ1) is 10.7. The molecule has 1 fully saturated rings. The zero-order valence-electron chi connectivity index (χ0n) is 13.1. The molecule has 0 spiro atoms. The van der Waals surface area contributed by atoms with Crippen LogP contribution in [0.1, 0.15) is 19.8 Å². The van der Waals surface area contributed by atoms with Crippen molar-refractivity contribution in [3.63, 3.8) is 0 Å². The summed E-state index contributed by atoms with van der Waals surface area (Å²) in [5, 5.41) is 6.66. The van der Waals surface area contributed by atoms with E-state index in [1.807, 2.05) is 18.7 Å². The van der Waals surface area contributed by atoms with Crippen LogP contribution in [0.4, 0.5) is 4.39 Å². The predicted octanol–water partition coefficient (Wildman–Crippen LogP) is 2.65. The number of guanidine groups is 1. The van der Waals surface area contributed by atoms with E-state index in [1.165, 1.54) is 24.7 Å². The Balaban J connectivity index is 1.76. The van der Waals surface area contributed by atoms with Crippen LogP contribution in [0.5, 0.6) is 5.75 Å². The molecule has 1 heterocycles. The molecule has 0 bridgehead atoms. The van der Waals surface area contributed by atoms with Crippen molar-refractivity contribution in [2.45, 2.75) is 31.9 Å². The third-order valence-corrected chi connectivity index (χ3v) is 4.66. The zero-order valence-corrected chi connectivity index (χ0v) is 14.0. The Morgan fingerprint density at radius 2 is 2.32 bits per heavy atom. The van der Waals surface area contributed by atoms with Gasteiger partial charge in [-0.3, -0.25) is 4.99 Å². The Hall–Kier alpha value is -1.43. The number of nitrogens with one attached hydrogen (secondary N) is 2. The monoisotopic (exact) mass is 325 g/mol. The Kier molecular flexibility index (Phi) is 6.83. The fraction of sp³-hybridized carbons (Fsp3) is 0.562. The molecule has 2 unspecified atom stereocenters. The average molecular weight is 325 g/mol. The standard InChI is InChI=1S/C16H24FN3OS/c1-12(21-15-8-4-3-7-14(15)17)10-19-16(18-2)20-13-6-5-9-22-11-13/h3-4,7-8,12-13H,5-6,9-11H2,1-2H3,(H2,18,19,20). The first-order valence-corrected chi connectivity index (χ1v) is 8.80. The number of benzene rings is 1. The van der Waals surface area contributed by atoms with Crippen molar-refractivity contribution in [2.24, 2.45) is 4.99 Å². The van der Waals surface area contributed by atoms with Gasteiger partial charge >= 0.3 is 0 Å². The van der Waals surface area contributed by atoms with E-state index in [-0.39, 0.29) is 17.7 Å². The van der Waals surface area contributed by atoms with E-state index in [0.29, 0.717) is 12.6 Å². The fourth-order valence-corrected chi connectivity index (χ4v) is 3.35. The number of aliphatic imine (C=N–C) groups is 1. The highest BCUT2D eigenvalue weighted by atomic mass is 32.2. The fourth-order valence-electron chi connectivity index (χ4n) is 2.28. The molecule has 2 rings (SSSR count). The second-order valence-corrected chi connectivity index (χ2v) is 6.52. The average Bonchev–Trinajstić information content (AvgIpc) is 2.54. The van der Waals surface area contributed by atoms with Crippen LogP contribution in [0.15, 0.2) is 29.3 Å². The number of nitrogens with zero attached hydrogens (tertiary/aromatic N) is 1. The Morgan fingerprint density at radius 3 is 3.00 bits per heavy atom. The lowest BCUT2D eigenvalue weighted by Crippen LogP contribution is -2.47. The first-order valence-electron chi connectivity index (χ1n) is 7.65. The molecular weight excluding hydrogens is 301 g/mol. The van der Waals surface area contributed by atoms with Gasteiger partial charge in [-0.2, -0.15) is 11.8 Å². The predicted molar refractivity (Wildman–Crippen MR) is 91.3 cm³/mol. The first kappa shape index (κ1) is 16.9. The highest BCUT2D eigenvalue weighted by Gasteiger charge is 2.15. The van der Waals surface area contributed by atoms with E-state index in [1.54, 1.807) is 25.2 Å². The maximum atomic E-state index is 13.5. The summed E-state index contributed by atoms with van der Waals surface area (Å²) in [5.74, 6) is 3.08. The number of hydrogen-bond acceptors (Lipinski definition) is 3. The van der Waals surface area contributed by atoms with Crippen molar-refractivity contribution in [2.75, 3.05) is 25.1 Å². The van der Waals surface area contributed by atoms with Crippen LogP contribution in [0.2, 0.25) is 0 Å². The number of rotatable bonds is 5. The maximum absolute atomic E-state index is 13.5. The van der Waals surface area contributed by atoms with Gasteiger partial charge in [0.1, 0.15) is 6.10 Å². The van der Waals surface area contributed by atoms with Crippen LogP contribution >= 0.6 is 11.8 Å². The number of thioether (sulfide) groups is 1. The summed E-state index contributed by atoms with van der Waals surface area (Å²) >= 11 is 1.97. The topological polar surface area (TPSA) is 45.7 Å². The van der Waals surface area contributed by atoms with Crippen LogP contribution < -0.4 is 15.4 Å². The van der Waals surface area contributed by atoms with Gasteiger partial charge in [0.05, 0.1) is 6.54 Å². The molecule has 6 heteroatoms. The number of para-hydroxylation sites is 1. The van der Waals surface area contributed by atoms with E-state index in [2.05, 4.69) is 15.6 Å². The van der Waals surface area contributed by atoms with Crippen molar-refractivity contribution in [3.05, 3.63) is 30.1 Å². The van der Waals surface area contributed by atoms with E-state index < -0.39 is 0 Å². The molecule has 2 N–H and O–H groups in total. The van der Waals surface area contributed by atoms with Crippen molar-refractivity contribution < 1.29 is 9.13 Å². The molecule has 122 valence electrons. The summed E-state index contributed by atoms with van der Waals surface area (Å²) < 4.78 is 19.1. The van der Waals surface area contributed by atoms with Gasteiger partial charge in [0.2, 0.25) is 0 Å². The highest BCUT2D eigenvalue weighted by Crippen LogP contribution is 2.17. The molecule has 22 heavy (non-hydrogen) atoms. The van der Waals surface area contributed by atoms with Crippen molar-refractivity contribution in [3.8, 4) is 5.75 Å². The van der Waals surface area contributed by atoms with Gasteiger partial charge in [0, 0.05) is 18.8 Å². The molecule has 1 aliphatic rings. The molecule has 0 aliphatic carbocycles. The third kappa shape index (κ3) is 5.40. The molecule has 1 saturated heterocycles. The summed E-state index contributed by atoms with van der Waals surface area (Å²) in [6.07, 6.45) is 2.26. The third-order valence-electron chi connectivity index (χ3n) is 3.45.